The fourth-order valence-corrected chi connectivity index (χ4v) is 2.97. The highest BCUT2D eigenvalue weighted by Crippen LogP contribution is 2.29. The summed E-state index contributed by atoms with van der Waals surface area (Å²) in [7, 11) is 0. The average Bonchev–Trinajstić information content (AvgIpc) is 2.46. The van der Waals surface area contributed by atoms with E-state index in [-0.39, 0.29) is 5.69 Å². The van der Waals surface area contributed by atoms with Gasteiger partial charge in [-0.1, -0.05) is 11.6 Å². The highest BCUT2D eigenvalue weighted by molar-refractivity contribution is 6.31. The molecule has 20 heavy (non-hydrogen) atoms. The molecule has 4 rings (SSSR count). The van der Waals surface area contributed by atoms with Crippen LogP contribution in [0.3, 0.4) is 0 Å². The van der Waals surface area contributed by atoms with Crippen LogP contribution >= 0.6 is 11.6 Å². The lowest BCUT2D eigenvalue weighted by Crippen LogP contribution is -2.48. The third kappa shape index (κ3) is 2.62. The van der Waals surface area contributed by atoms with Crippen LogP contribution in [0.5, 0.6) is 0 Å². The van der Waals surface area contributed by atoms with Crippen molar-refractivity contribution in [1.29, 1.82) is 0 Å². The molecule has 1 aromatic rings. The van der Waals surface area contributed by atoms with E-state index in [1.807, 2.05) is 0 Å². The van der Waals surface area contributed by atoms with Crippen molar-refractivity contribution in [3.05, 3.63) is 33.3 Å². The lowest BCUT2D eigenvalue weighted by molar-refractivity contribution is -0.384. The van der Waals surface area contributed by atoms with E-state index in [1.165, 1.54) is 18.2 Å². The molecule has 2 bridgehead atoms. The molecule has 3 aliphatic rings. The Labute approximate surface area is 121 Å². The van der Waals surface area contributed by atoms with Crippen LogP contribution in [0.2, 0.25) is 5.02 Å². The third-order valence-electron chi connectivity index (χ3n) is 3.92. The maximum Gasteiger partial charge on any atom is 0.294 e. The molecule has 3 saturated heterocycles. The van der Waals surface area contributed by atoms with E-state index >= 15 is 0 Å². The van der Waals surface area contributed by atoms with Crippen LogP contribution in [-0.4, -0.2) is 35.2 Å². The second-order valence-electron chi connectivity index (χ2n) is 5.18. The fraction of sp³-hybridized carbons (Fsp3) is 0.462. The van der Waals surface area contributed by atoms with Gasteiger partial charge >= 0.3 is 0 Å². The number of benzene rings is 1. The summed E-state index contributed by atoms with van der Waals surface area (Å²) in [6.45, 7) is 3.11. The van der Waals surface area contributed by atoms with Gasteiger partial charge in [-0.3, -0.25) is 20.4 Å². The molecule has 0 aliphatic carbocycles. The maximum absolute atomic E-state index is 11.0. The quantitative estimate of drug-likeness (QED) is 0.687. The fourth-order valence-electron chi connectivity index (χ4n) is 2.80. The van der Waals surface area contributed by atoms with Crippen molar-refractivity contribution in [2.24, 2.45) is 11.0 Å². The number of hydrazone groups is 1. The number of rotatable bonds is 3. The van der Waals surface area contributed by atoms with Gasteiger partial charge in [-0.05, 0) is 38.1 Å². The molecule has 0 amide bonds. The number of anilines is 1. The largest absolute Gasteiger partial charge is 0.298 e. The summed E-state index contributed by atoms with van der Waals surface area (Å²) in [4.78, 5) is 12.9. The highest BCUT2D eigenvalue weighted by Gasteiger charge is 2.31. The summed E-state index contributed by atoms with van der Waals surface area (Å²) in [6.07, 6.45) is 2.25. The monoisotopic (exact) mass is 294 g/mol. The van der Waals surface area contributed by atoms with Crippen LogP contribution in [0.25, 0.3) is 0 Å². The normalized spacial score (nSPS) is 26.8. The first-order valence-corrected chi connectivity index (χ1v) is 7.00. The molecule has 0 radical (unpaired) electrons. The van der Waals surface area contributed by atoms with Crippen LogP contribution in [0.15, 0.2) is 23.3 Å². The molecule has 0 unspecified atom stereocenters. The summed E-state index contributed by atoms with van der Waals surface area (Å²) < 4.78 is 0. The number of fused-ring (bicyclic) bond motifs is 3. The standard InChI is InChI=1S/C13H15ClN4O2/c14-10-1-2-13(18(19)20)11(7-10)15-16-12-8-17-5-3-9(12)4-6-17/h1-2,7,9,15H,3-6,8H2. The van der Waals surface area contributed by atoms with Gasteiger partial charge < -0.3 is 0 Å². The van der Waals surface area contributed by atoms with Gasteiger partial charge in [0.05, 0.1) is 10.6 Å². The number of halogens is 1. The summed E-state index contributed by atoms with van der Waals surface area (Å²) >= 11 is 5.89. The van der Waals surface area contributed by atoms with Gasteiger partial charge in [0, 0.05) is 23.6 Å². The van der Waals surface area contributed by atoms with Crippen molar-refractivity contribution in [3.8, 4) is 0 Å². The minimum atomic E-state index is -0.435. The zero-order valence-corrected chi connectivity index (χ0v) is 11.6. The molecule has 0 saturated carbocycles. The Morgan fingerprint density at radius 3 is 2.75 bits per heavy atom. The Balaban J connectivity index is 1.81. The molecule has 1 aromatic carbocycles. The Kier molecular flexibility index (Phi) is 3.58. The minimum Gasteiger partial charge on any atom is -0.298 e. The van der Waals surface area contributed by atoms with Crippen molar-refractivity contribution in [3.63, 3.8) is 0 Å². The van der Waals surface area contributed by atoms with Crippen LogP contribution in [0, 0.1) is 16.0 Å². The molecule has 0 spiro atoms. The summed E-state index contributed by atoms with van der Waals surface area (Å²) in [6, 6.07) is 4.43. The van der Waals surface area contributed by atoms with Gasteiger partial charge in [-0.25, -0.2) is 0 Å². The molecule has 1 N–H and O–H groups in total. The van der Waals surface area contributed by atoms with Crippen LogP contribution in [-0.2, 0) is 0 Å². The number of nitrogens with zero attached hydrogens (tertiary/aromatic N) is 3. The molecule has 6 nitrogen and oxygen atoms in total. The summed E-state index contributed by atoms with van der Waals surface area (Å²) in [5.74, 6) is 0.505. The number of nitro groups is 1. The second-order valence-corrected chi connectivity index (χ2v) is 5.62. The highest BCUT2D eigenvalue weighted by atomic mass is 35.5. The van der Waals surface area contributed by atoms with E-state index in [2.05, 4.69) is 15.4 Å². The molecule has 0 aromatic heterocycles. The number of hydrogen-bond donors (Lipinski definition) is 1. The van der Waals surface area contributed by atoms with Crippen molar-refractivity contribution < 1.29 is 4.92 Å². The predicted molar refractivity (Wildman–Crippen MR) is 78.3 cm³/mol. The smallest absolute Gasteiger partial charge is 0.294 e. The first kappa shape index (κ1) is 13.3. The average molecular weight is 295 g/mol. The molecule has 3 heterocycles. The first-order chi connectivity index (χ1) is 9.63. The van der Waals surface area contributed by atoms with E-state index in [1.54, 1.807) is 0 Å². The Morgan fingerprint density at radius 1 is 1.40 bits per heavy atom. The SMILES string of the molecule is O=[N+]([O-])c1ccc(Cl)cc1NN=C1CN2CCC1CC2. The topological polar surface area (TPSA) is 70.8 Å². The number of piperidine rings is 3. The lowest BCUT2D eigenvalue weighted by atomic mass is 9.87. The van der Waals surface area contributed by atoms with Gasteiger partial charge in [0.25, 0.3) is 5.69 Å². The Morgan fingerprint density at radius 2 is 2.15 bits per heavy atom. The lowest BCUT2D eigenvalue weighted by Gasteiger charge is -2.39. The Hall–Kier alpha value is -1.66. The van der Waals surface area contributed by atoms with Gasteiger partial charge in [0.15, 0.2) is 0 Å². The zero-order chi connectivity index (χ0) is 14.1. The molecule has 106 valence electrons. The van der Waals surface area contributed by atoms with E-state index in [0.29, 0.717) is 16.6 Å². The molecular weight excluding hydrogens is 280 g/mol. The van der Waals surface area contributed by atoms with E-state index in [9.17, 15) is 10.1 Å². The number of nitro benzene ring substituents is 1. The van der Waals surface area contributed by atoms with Crippen LogP contribution in [0.1, 0.15) is 12.8 Å². The van der Waals surface area contributed by atoms with Crippen molar-refractivity contribution in [2.75, 3.05) is 25.1 Å². The van der Waals surface area contributed by atoms with E-state index in [4.69, 9.17) is 11.6 Å². The van der Waals surface area contributed by atoms with Crippen molar-refractivity contribution in [1.82, 2.24) is 4.90 Å². The van der Waals surface area contributed by atoms with Gasteiger partial charge in [0.1, 0.15) is 5.69 Å². The maximum atomic E-state index is 11.0. The molecule has 3 aliphatic heterocycles. The van der Waals surface area contributed by atoms with Crippen LogP contribution < -0.4 is 5.43 Å². The van der Waals surface area contributed by atoms with Crippen LogP contribution in [0.4, 0.5) is 11.4 Å². The zero-order valence-electron chi connectivity index (χ0n) is 10.9. The second kappa shape index (κ2) is 5.38. The van der Waals surface area contributed by atoms with Crippen molar-refractivity contribution in [2.45, 2.75) is 12.8 Å². The van der Waals surface area contributed by atoms with Gasteiger partial charge in [0.2, 0.25) is 0 Å². The van der Waals surface area contributed by atoms with Gasteiger partial charge in [-0.2, -0.15) is 5.10 Å². The summed E-state index contributed by atoms with van der Waals surface area (Å²) in [5, 5.41) is 15.8. The molecule has 7 heteroatoms. The van der Waals surface area contributed by atoms with E-state index < -0.39 is 4.92 Å². The van der Waals surface area contributed by atoms with Crippen molar-refractivity contribution >= 4 is 28.7 Å². The molecule has 3 fully saturated rings. The molecule has 0 atom stereocenters. The summed E-state index contributed by atoms with van der Waals surface area (Å²) in [5.41, 5.74) is 4.23. The minimum absolute atomic E-state index is 0.0139. The third-order valence-corrected chi connectivity index (χ3v) is 4.15. The van der Waals surface area contributed by atoms with E-state index in [0.717, 1.165) is 38.2 Å². The number of nitrogens with one attached hydrogen (secondary N) is 1. The Bertz CT molecular complexity index is 567. The predicted octanol–water partition coefficient (Wildman–Crippen LogP) is 2.74. The first-order valence-electron chi connectivity index (χ1n) is 6.62. The molecular formula is C13H15ClN4O2. The number of hydrogen-bond acceptors (Lipinski definition) is 5. The van der Waals surface area contributed by atoms with Gasteiger partial charge in [-0.15, -0.1) is 0 Å².